The predicted octanol–water partition coefficient (Wildman–Crippen LogP) is 2.32. The molecule has 108 valence electrons. The van der Waals surface area contributed by atoms with E-state index >= 15 is 0 Å². The second-order valence-electron chi connectivity index (χ2n) is 4.95. The molecular weight excluding hydrogens is 278 g/mol. The fraction of sp³-hybridized carbons (Fsp3) is 0.500. The molecule has 1 aromatic rings. The number of halogens is 1. The third-order valence-electron chi connectivity index (χ3n) is 3.35. The van der Waals surface area contributed by atoms with E-state index in [2.05, 4.69) is 17.2 Å². The second kappa shape index (κ2) is 6.70. The Morgan fingerprint density at radius 3 is 3.00 bits per heavy atom. The molecule has 1 aliphatic heterocycles. The Labute approximate surface area is 123 Å². The van der Waals surface area contributed by atoms with Gasteiger partial charge in [0.05, 0.1) is 10.9 Å². The van der Waals surface area contributed by atoms with Gasteiger partial charge >= 0.3 is 0 Å². The van der Waals surface area contributed by atoms with Crippen molar-refractivity contribution >= 4 is 29.2 Å². The standard InChI is InChI=1S/C14H18ClN3O2/c1-2-3-6-18-9-10(7-13(18)19)14(20)17-12-5-4-11(15)8-16-12/h4-5,8,10H,2-3,6-7,9H2,1H3,(H,16,17,20)/t10-/m0/s1. The van der Waals surface area contributed by atoms with Crippen molar-refractivity contribution in [2.24, 2.45) is 5.92 Å². The van der Waals surface area contributed by atoms with Crippen LogP contribution in [0.1, 0.15) is 26.2 Å². The lowest BCUT2D eigenvalue weighted by Crippen LogP contribution is -2.29. The Balaban J connectivity index is 1.90. The second-order valence-corrected chi connectivity index (χ2v) is 5.38. The lowest BCUT2D eigenvalue weighted by Gasteiger charge is -2.15. The van der Waals surface area contributed by atoms with Crippen LogP contribution in [0.2, 0.25) is 5.02 Å². The van der Waals surface area contributed by atoms with E-state index in [-0.39, 0.29) is 24.2 Å². The van der Waals surface area contributed by atoms with Crippen LogP contribution in [0.15, 0.2) is 18.3 Å². The summed E-state index contributed by atoms with van der Waals surface area (Å²) in [5, 5.41) is 3.24. The molecule has 1 atom stereocenters. The van der Waals surface area contributed by atoms with E-state index in [1.807, 2.05) is 0 Å². The highest BCUT2D eigenvalue weighted by Crippen LogP contribution is 2.20. The summed E-state index contributed by atoms with van der Waals surface area (Å²) in [6.45, 7) is 3.31. The van der Waals surface area contributed by atoms with Gasteiger partial charge in [-0.3, -0.25) is 9.59 Å². The summed E-state index contributed by atoms with van der Waals surface area (Å²) in [6.07, 6.45) is 3.77. The molecule has 0 aliphatic carbocycles. The molecule has 2 amide bonds. The molecule has 0 bridgehead atoms. The summed E-state index contributed by atoms with van der Waals surface area (Å²) >= 11 is 5.74. The summed E-state index contributed by atoms with van der Waals surface area (Å²) in [4.78, 5) is 29.7. The number of amides is 2. The molecule has 6 heteroatoms. The monoisotopic (exact) mass is 295 g/mol. The largest absolute Gasteiger partial charge is 0.342 e. The quantitative estimate of drug-likeness (QED) is 0.907. The molecule has 2 rings (SSSR count). The molecule has 5 nitrogen and oxygen atoms in total. The van der Waals surface area contributed by atoms with Crippen LogP contribution in [-0.2, 0) is 9.59 Å². The van der Waals surface area contributed by atoms with Gasteiger partial charge in [0, 0.05) is 25.7 Å². The number of hydrogen-bond acceptors (Lipinski definition) is 3. The molecule has 0 saturated carbocycles. The molecule has 0 aromatic carbocycles. The Bertz CT molecular complexity index is 490. The number of carbonyl (C=O) groups is 2. The number of nitrogens with one attached hydrogen (secondary N) is 1. The van der Waals surface area contributed by atoms with Crippen molar-refractivity contribution in [3.63, 3.8) is 0 Å². The van der Waals surface area contributed by atoms with Crippen molar-refractivity contribution in [2.75, 3.05) is 18.4 Å². The Morgan fingerprint density at radius 1 is 1.55 bits per heavy atom. The molecule has 0 unspecified atom stereocenters. The van der Waals surface area contributed by atoms with E-state index in [9.17, 15) is 9.59 Å². The first-order chi connectivity index (χ1) is 9.60. The summed E-state index contributed by atoms with van der Waals surface area (Å²) in [5.41, 5.74) is 0. The maximum Gasteiger partial charge on any atom is 0.230 e. The number of anilines is 1. The van der Waals surface area contributed by atoms with E-state index in [1.54, 1.807) is 17.0 Å². The highest BCUT2D eigenvalue weighted by Gasteiger charge is 2.33. The third kappa shape index (κ3) is 3.70. The Kier molecular flexibility index (Phi) is 4.95. The Morgan fingerprint density at radius 2 is 2.35 bits per heavy atom. The van der Waals surface area contributed by atoms with E-state index in [4.69, 9.17) is 11.6 Å². The zero-order valence-electron chi connectivity index (χ0n) is 11.4. The first kappa shape index (κ1) is 14.8. The van der Waals surface area contributed by atoms with Crippen molar-refractivity contribution in [1.29, 1.82) is 0 Å². The maximum atomic E-state index is 12.1. The van der Waals surface area contributed by atoms with Crippen molar-refractivity contribution < 1.29 is 9.59 Å². The first-order valence-electron chi connectivity index (χ1n) is 6.80. The molecule has 20 heavy (non-hydrogen) atoms. The van der Waals surface area contributed by atoms with Gasteiger partial charge in [-0.15, -0.1) is 0 Å². The molecule has 1 saturated heterocycles. The average molecular weight is 296 g/mol. The van der Waals surface area contributed by atoms with Crippen molar-refractivity contribution in [3.8, 4) is 0 Å². The SMILES string of the molecule is CCCCN1C[C@@H](C(=O)Nc2ccc(Cl)cn2)CC1=O. The summed E-state index contributed by atoms with van der Waals surface area (Å²) < 4.78 is 0. The van der Waals surface area contributed by atoms with Crippen LogP contribution >= 0.6 is 11.6 Å². The fourth-order valence-corrected chi connectivity index (χ4v) is 2.30. The highest BCUT2D eigenvalue weighted by molar-refractivity contribution is 6.30. The number of pyridine rings is 1. The van der Waals surface area contributed by atoms with Crippen LogP contribution in [0.4, 0.5) is 5.82 Å². The summed E-state index contributed by atoms with van der Waals surface area (Å²) in [6, 6.07) is 3.31. The fourth-order valence-electron chi connectivity index (χ4n) is 2.19. The number of likely N-dealkylation sites (tertiary alicyclic amines) is 1. The van der Waals surface area contributed by atoms with Crippen molar-refractivity contribution in [1.82, 2.24) is 9.88 Å². The number of hydrogen-bond donors (Lipinski definition) is 1. The van der Waals surface area contributed by atoms with Gasteiger partial charge in [-0.25, -0.2) is 4.98 Å². The van der Waals surface area contributed by atoms with Crippen molar-refractivity contribution in [2.45, 2.75) is 26.2 Å². The van der Waals surface area contributed by atoms with E-state index in [0.29, 0.717) is 17.4 Å². The summed E-state index contributed by atoms with van der Waals surface area (Å²) in [7, 11) is 0. The van der Waals surface area contributed by atoms with Gasteiger partial charge in [-0.2, -0.15) is 0 Å². The van der Waals surface area contributed by atoms with Crippen LogP contribution in [0.3, 0.4) is 0 Å². The average Bonchev–Trinajstić information content (AvgIpc) is 2.80. The molecule has 0 spiro atoms. The third-order valence-corrected chi connectivity index (χ3v) is 3.57. The van der Waals surface area contributed by atoms with E-state index < -0.39 is 0 Å². The van der Waals surface area contributed by atoms with E-state index in [0.717, 1.165) is 19.4 Å². The topological polar surface area (TPSA) is 62.3 Å². The number of nitrogens with zero attached hydrogens (tertiary/aromatic N) is 2. The number of unbranched alkanes of at least 4 members (excludes halogenated alkanes) is 1. The molecule has 1 aromatic heterocycles. The minimum Gasteiger partial charge on any atom is -0.342 e. The molecule has 1 aliphatic rings. The zero-order valence-corrected chi connectivity index (χ0v) is 12.2. The van der Waals surface area contributed by atoms with Gasteiger partial charge in [-0.05, 0) is 18.6 Å². The lowest BCUT2D eigenvalue weighted by molar-refractivity contribution is -0.128. The van der Waals surface area contributed by atoms with Gasteiger partial charge in [0.25, 0.3) is 0 Å². The molecule has 0 radical (unpaired) electrons. The molecule has 2 heterocycles. The maximum absolute atomic E-state index is 12.1. The zero-order chi connectivity index (χ0) is 14.5. The van der Waals surface area contributed by atoms with Crippen LogP contribution in [0, 0.1) is 5.92 Å². The van der Waals surface area contributed by atoms with Gasteiger partial charge < -0.3 is 10.2 Å². The minimum atomic E-state index is -0.295. The minimum absolute atomic E-state index is 0.0580. The first-order valence-corrected chi connectivity index (χ1v) is 7.18. The van der Waals surface area contributed by atoms with Gasteiger partial charge in [-0.1, -0.05) is 24.9 Å². The van der Waals surface area contributed by atoms with Crippen LogP contribution < -0.4 is 5.32 Å². The highest BCUT2D eigenvalue weighted by atomic mass is 35.5. The molecular formula is C14H18ClN3O2. The van der Waals surface area contributed by atoms with Gasteiger partial charge in [0.2, 0.25) is 11.8 Å². The number of rotatable bonds is 5. The van der Waals surface area contributed by atoms with Crippen molar-refractivity contribution in [3.05, 3.63) is 23.4 Å². The number of aromatic nitrogens is 1. The van der Waals surface area contributed by atoms with Gasteiger partial charge in [0.15, 0.2) is 0 Å². The van der Waals surface area contributed by atoms with Crippen LogP contribution in [0.5, 0.6) is 0 Å². The smallest absolute Gasteiger partial charge is 0.230 e. The summed E-state index contributed by atoms with van der Waals surface area (Å²) in [5.74, 6) is 0.0607. The molecule has 1 fully saturated rings. The number of carbonyl (C=O) groups excluding carboxylic acids is 2. The van der Waals surface area contributed by atoms with Crippen LogP contribution in [0.25, 0.3) is 0 Å². The van der Waals surface area contributed by atoms with Crippen LogP contribution in [-0.4, -0.2) is 34.8 Å². The van der Waals surface area contributed by atoms with Gasteiger partial charge in [0.1, 0.15) is 5.82 Å². The predicted molar refractivity (Wildman–Crippen MR) is 77.5 cm³/mol. The van der Waals surface area contributed by atoms with E-state index in [1.165, 1.54) is 6.20 Å². The molecule has 1 N–H and O–H groups in total. The normalized spacial score (nSPS) is 18.4. The lowest BCUT2D eigenvalue weighted by atomic mass is 10.1. The Hall–Kier alpha value is -1.62.